The fraction of sp³-hybridized carbons (Fsp3) is 0.467. The second kappa shape index (κ2) is 8.19. The number of carboxylic acids is 1. The SMILES string of the molecule is CCC(C)C[C@H](NC(=O)OCc1ccccc1)C(=O)O. The van der Waals surface area contributed by atoms with E-state index in [1.807, 2.05) is 44.2 Å². The zero-order valence-electron chi connectivity index (χ0n) is 11.8. The number of hydrogen-bond acceptors (Lipinski definition) is 3. The summed E-state index contributed by atoms with van der Waals surface area (Å²) in [7, 11) is 0. The lowest BCUT2D eigenvalue weighted by atomic mass is 9.99. The second-order valence-electron chi connectivity index (χ2n) is 4.85. The van der Waals surface area contributed by atoms with Gasteiger partial charge in [0.15, 0.2) is 0 Å². The Labute approximate surface area is 118 Å². The standard InChI is InChI=1S/C15H21NO4/c1-3-11(2)9-13(14(17)18)16-15(19)20-10-12-7-5-4-6-8-12/h4-8,11,13H,3,9-10H2,1-2H3,(H,16,19)(H,17,18)/t11?,13-/m0/s1. The van der Waals surface area contributed by atoms with Gasteiger partial charge in [-0.25, -0.2) is 9.59 Å². The Morgan fingerprint density at radius 3 is 2.50 bits per heavy atom. The quantitative estimate of drug-likeness (QED) is 0.804. The normalized spacial score (nSPS) is 13.3. The van der Waals surface area contributed by atoms with Crippen molar-refractivity contribution in [2.45, 2.75) is 39.3 Å². The summed E-state index contributed by atoms with van der Waals surface area (Å²) in [6.07, 6.45) is 0.557. The van der Waals surface area contributed by atoms with Gasteiger partial charge in [-0.2, -0.15) is 0 Å². The molecular weight excluding hydrogens is 258 g/mol. The van der Waals surface area contributed by atoms with Crippen molar-refractivity contribution >= 4 is 12.1 Å². The minimum atomic E-state index is -1.04. The van der Waals surface area contributed by atoms with E-state index in [0.29, 0.717) is 6.42 Å². The molecule has 0 bridgehead atoms. The van der Waals surface area contributed by atoms with Gasteiger partial charge in [0, 0.05) is 0 Å². The van der Waals surface area contributed by atoms with Gasteiger partial charge < -0.3 is 15.2 Å². The third-order valence-electron chi connectivity index (χ3n) is 3.14. The van der Waals surface area contributed by atoms with E-state index in [0.717, 1.165) is 12.0 Å². The fourth-order valence-corrected chi connectivity index (χ4v) is 1.70. The summed E-state index contributed by atoms with van der Waals surface area (Å²) in [6, 6.07) is 8.32. The monoisotopic (exact) mass is 279 g/mol. The van der Waals surface area contributed by atoms with Gasteiger partial charge in [0.05, 0.1) is 0 Å². The van der Waals surface area contributed by atoms with Crippen molar-refractivity contribution in [1.82, 2.24) is 5.32 Å². The van der Waals surface area contributed by atoms with Crippen LogP contribution in [-0.2, 0) is 16.1 Å². The summed E-state index contributed by atoms with van der Waals surface area (Å²) in [5.74, 6) is -0.813. The molecule has 1 aromatic rings. The van der Waals surface area contributed by atoms with Gasteiger partial charge >= 0.3 is 12.1 Å². The highest BCUT2D eigenvalue weighted by atomic mass is 16.5. The van der Waals surface area contributed by atoms with E-state index in [4.69, 9.17) is 9.84 Å². The van der Waals surface area contributed by atoms with Crippen LogP contribution in [0.15, 0.2) is 30.3 Å². The predicted octanol–water partition coefficient (Wildman–Crippen LogP) is 2.80. The highest BCUT2D eigenvalue weighted by Gasteiger charge is 2.22. The first-order valence-corrected chi connectivity index (χ1v) is 6.73. The smallest absolute Gasteiger partial charge is 0.408 e. The van der Waals surface area contributed by atoms with E-state index in [1.54, 1.807) is 0 Å². The largest absolute Gasteiger partial charge is 0.480 e. The number of carbonyl (C=O) groups is 2. The maximum atomic E-state index is 11.6. The Morgan fingerprint density at radius 2 is 1.95 bits per heavy atom. The van der Waals surface area contributed by atoms with E-state index < -0.39 is 18.1 Å². The van der Waals surface area contributed by atoms with E-state index in [2.05, 4.69) is 5.32 Å². The summed E-state index contributed by atoms with van der Waals surface area (Å²) >= 11 is 0. The van der Waals surface area contributed by atoms with Gasteiger partial charge in [-0.15, -0.1) is 0 Å². The van der Waals surface area contributed by atoms with Crippen LogP contribution >= 0.6 is 0 Å². The molecule has 1 amide bonds. The summed E-state index contributed by atoms with van der Waals surface area (Å²) in [4.78, 5) is 22.7. The minimum Gasteiger partial charge on any atom is -0.480 e. The number of amides is 1. The Balaban J connectivity index is 2.44. The number of rotatable bonds is 7. The van der Waals surface area contributed by atoms with Crippen LogP contribution < -0.4 is 5.32 Å². The molecule has 0 aliphatic carbocycles. The van der Waals surface area contributed by atoms with Gasteiger partial charge in [0.25, 0.3) is 0 Å². The number of aliphatic carboxylic acids is 1. The summed E-state index contributed by atoms with van der Waals surface area (Å²) in [6.45, 7) is 4.06. The van der Waals surface area contributed by atoms with Crippen LogP contribution in [-0.4, -0.2) is 23.2 Å². The molecule has 1 aromatic carbocycles. The first-order chi connectivity index (χ1) is 9.52. The number of carboxylic acid groups (broad SMARTS) is 1. The van der Waals surface area contributed by atoms with Gasteiger partial charge in [-0.1, -0.05) is 50.6 Å². The molecule has 0 saturated heterocycles. The van der Waals surface area contributed by atoms with Crippen LogP contribution in [0.25, 0.3) is 0 Å². The summed E-state index contributed by atoms with van der Waals surface area (Å²) in [5.41, 5.74) is 0.858. The molecule has 0 spiro atoms. The average molecular weight is 279 g/mol. The van der Waals surface area contributed by atoms with E-state index in [9.17, 15) is 9.59 Å². The maximum Gasteiger partial charge on any atom is 0.408 e. The zero-order valence-corrected chi connectivity index (χ0v) is 11.8. The Morgan fingerprint density at radius 1 is 1.30 bits per heavy atom. The lowest BCUT2D eigenvalue weighted by molar-refractivity contribution is -0.139. The summed E-state index contributed by atoms with van der Waals surface area (Å²) in [5, 5.41) is 11.5. The zero-order chi connectivity index (χ0) is 15.0. The van der Waals surface area contributed by atoms with Gasteiger partial charge in [-0.05, 0) is 17.9 Å². The topological polar surface area (TPSA) is 75.6 Å². The molecule has 5 heteroatoms. The van der Waals surface area contributed by atoms with Crippen LogP contribution in [0.2, 0.25) is 0 Å². The number of alkyl carbamates (subject to hydrolysis) is 1. The molecule has 0 heterocycles. The first kappa shape index (κ1) is 16.0. The van der Waals surface area contributed by atoms with Crippen molar-refractivity contribution in [3.05, 3.63) is 35.9 Å². The molecule has 2 atom stereocenters. The number of benzene rings is 1. The predicted molar refractivity (Wildman–Crippen MR) is 75.3 cm³/mol. The van der Waals surface area contributed by atoms with E-state index in [-0.39, 0.29) is 12.5 Å². The lowest BCUT2D eigenvalue weighted by Gasteiger charge is -2.17. The number of ether oxygens (including phenoxy) is 1. The van der Waals surface area contributed by atoms with Crippen molar-refractivity contribution in [2.24, 2.45) is 5.92 Å². The van der Waals surface area contributed by atoms with Crippen molar-refractivity contribution in [2.75, 3.05) is 0 Å². The molecule has 1 rings (SSSR count). The van der Waals surface area contributed by atoms with Gasteiger partial charge in [0.1, 0.15) is 12.6 Å². The van der Waals surface area contributed by atoms with Crippen molar-refractivity contribution in [3.63, 3.8) is 0 Å². The molecule has 0 fully saturated rings. The Bertz CT molecular complexity index is 433. The maximum absolute atomic E-state index is 11.6. The third-order valence-corrected chi connectivity index (χ3v) is 3.14. The molecule has 0 aliphatic heterocycles. The number of carbonyl (C=O) groups excluding carboxylic acids is 1. The molecule has 0 saturated carbocycles. The van der Waals surface area contributed by atoms with E-state index >= 15 is 0 Å². The number of hydrogen-bond donors (Lipinski definition) is 2. The molecule has 110 valence electrons. The second-order valence-corrected chi connectivity index (χ2v) is 4.85. The van der Waals surface area contributed by atoms with Crippen molar-refractivity contribution in [1.29, 1.82) is 0 Å². The van der Waals surface area contributed by atoms with Crippen molar-refractivity contribution in [3.8, 4) is 0 Å². The van der Waals surface area contributed by atoms with Crippen molar-refractivity contribution < 1.29 is 19.4 Å². The molecule has 0 radical (unpaired) electrons. The molecule has 20 heavy (non-hydrogen) atoms. The van der Waals surface area contributed by atoms with Crippen LogP contribution in [0.1, 0.15) is 32.3 Å². The molecular formula is C15H21NO4. The van der Waals surface area contributed by atoms with Gasteiger partial charge in [-0.3, -0.25) is 0 Å². The molecule has 0 aliphatic rings. The highest BCUT2D eigenvalue weighted by Crippen LogP contribution is 2.10. The third kappa shape index (κ3) is 5.73. The fourth-order valence-electron chi connectivity index (χ4n) is 1.70. The van der Waals surface area contributed by atoms with Crippen LogP contribution in [0.4, 0.5) is 4.79 Å². The number of nitrogens with one attached hydrogen (secondary N) is 1. The first-order valence-electron chi connectivity index (χ1n) is 6.73. The van der Waals surface area contributed by atoms with Crippen LogP contribution in [0.3, 0.4) is 0 Å². The lowest BCUT2D eigenvalue weighted by Crippen LogP contribution is -2.42. The van der Waals surface area contributed by atoms with E-state index in [1.165, 1.54) is 0 Å². The molecule has 1 unspecified atom stereocenters. The average Bonchev–Trinajstić information content (AvgIpc) is 2.45. The summed E-state index contributed by atoms with van der Waals surface area (Å²) < 4.78 is 5.01. The Hall–Kier alpha value is -2.04. The molecule has 2 N–H and O–H groups in total. The molecule has 0 aromatic heterocycles. The van der Waals surface area contributed by atoms with Crippen LogP contribution in [0.5, 0.6) is 0 Å². The minimum absolute atomic E-state index is 0.127. The van der Waals surface area contributed by atoms with Crippen LogP contribution in [0, 0.1) is 5.92 Å². The highest BCUT2D eigenvalue weighted by molar-refractivity contribution is 5.79. The van der Waals surface area contributed by atoms with Gasteiger partial charge in [0.2, 0.25) is 0 Å². The molecule has 5 nitrogen and oxygen atoms in total. The Kier molecular flexibility index (Phi) is 6.56.